The molecule has 11 nitrogen and oxygen atoms in total. The van der Waals surface area contributed by atoms with Gasteiger partial charge >= 0.3 is 6.03 Å². The Morgan fingerprint density at radius 3 is 2.40 bits per heavy atom. The maximum absolute atomic E-state index is 14.0. The molecule has 0 aliphatic carbocycles. The summed E-state index contributed by atoms with van der Waals surface area (Å²) in [6.07, 6.45) is -2.59. The number of urea groups is 1. The number of primary amides is 1. The Morgan fingerprint density at radius 1 is 1.20 bits per heavy atom. The molecule has 0 aliphatic heterocycles. The van der Waals surface area contributed by atoms with Crippen molar-refractivity contribution in [2.75, 3.05) is 26.0 Å². The van der Waals surface area contributed by atoms with Crippen LogP contribution in [0.3, 0.4) is 0 Å². The lowest BCUT2D eigenvalue weighted by Crippen LogP contribution is -2.37. The molecule has 14 heteroatoms. The maximum Gasteiger partial charge on any atom is 0.320 e. The first-order valence-electron chi connectivity index (χ1n) is 10.4. The van der Waals surface area contributed by atoms with Crippen molar-refractivity contribution in [1.82, 2.24) is 14.6 Å². The summed E-state index contributed by atoms with van der Waals surface area (Å²) in [5.41, 5.74) is 5.07. The molecule has 0 spiro atoms. The molecule has 2 unspecified atom stereocenters. The van der Waals surface area contributed by atoms with Gasteiger partial charge < -0.3 is 30.9 Å². The Labute approximate surface area is 204 Å². The number of aliphatic hydroxyl groups excluding tert-OH is 2. The van der Waals surface area contributed by atoms with Crippen molar-refractivity contribution >= 4 is 34.4 Å². The van der Waals surface area contributed by atoms with Crippen LogP contribution >= 0.6 is 11.5 Å². The lowest BCUT2D eigenvalue weighted by molar-refractivity contribution is -0.131. The summed E-state index contributed by atoms with van der Waals surface area (Å²) in [5, 5.41) is 24.4. The first kappa shape index (κ1) is 27.9. The smallest absolute Gasteiger partial charge is 0.320 e. The molecular weight excluding hydrogens is 488 g/mol. The number of rotatable bonds is 11. The van der Waals surface area contributed by atoms with Gasteiger partial charge in [-0.1, -0.05) is 0 Å². The molecule has 2 aromatic rings. The van der Waals surface area contributed by atoms with Gasteiger partial charge in [-0.3, -0.25) is 14.9 Å². The number of halogens is 2. The van der Waals surface area contributed by atoms with E-state index in [9.17, 15) is 33.4 Å². The number of anilines is 1. The highest BCUT2D eigenvalue weighted by molar-refractivity contribution is 7.11. The molecule has 35 heavy (non-hydrogen) atoms. The third-order valence-electron chi connectivity index (χ3n) is 4.72. The third kappa shape index (κ3) is 8.12. The van der Waals surface area contributed by atoms with Gasteiger partial charge in [0, 0.05) is 27.1 Å². The van der Waals surface area contributed by atoms with Crippen LogP contribution in [0.4, 0.5) is 18.6 Å². The Kier molecular flexibility index (Phi) is 9.86. The standard InChI is InChI=1S/C21H27F2N5O6S/c1-10-4-14(22)13(15(23)5-10)9-34-19-17(18(24)32)20(35-27-19)26-21(33)25-8-12(30)6-11(29)7-16(31)28(2)3/h4-5,11-12,29-30H,6-9H2,1-3H3,(H2,24,32)(H2,25,26,33). The van der Waals surface area contributed by atoms with E-state index in [1.807, 2.05) is 0 Å². The second-order valence-electron chi connectivity index (χ2n) is 7.92. The monoisotopic (exact) mass is 515 g/mol. The van der Waals surface area contributed by atoms with Gasteiger partial charge in [0.1, 0.15) is 28.8 Å². The normalized spacial score (nSPS) is 12.5. The van der Waals surface area contributed by atoms with Crippen LogP contribution in [0.2, 0.25) is 0 Å². The molecule has 0 bridgehead atoms. The molecule has 0 saturated heterocycles. The number of aliphatic hydroxyl groups is 2. The molecule has 1 aromatic carbocycles. The van der Waals surface area contributed by atoms with Crippen molar-refractivity contribution < 1.29 is 38.1 Å². The number of hydrogen-bond donors (Lipinski definition) is 5. The molecule has 4 amide bonds. The van der Waals surface area contributed by atoms with Gasteiger partial charge in [0.15, 0.2) is 0 Å². The molecule has 1 heterocycles. The third-order valence-corrected chi connectivity index (χ3v) is 5.47. The molecule has 6 N–H and O–H groups in total. The highest BCUT2D eigenvalue weighted by atomic mass is 32.1. The van der Waals surface area contributed by atoms with Crippen molar-refractivity contribution in [3.63, 3.8) is 0 Å². The highest BCUT2D eigenvalue weighted by Gasteiger charge is 2.23. The summed E-state index contributed by atoms with van der Waals surface area (Å²) >= 11 is 0.653. The van der Waals surface area contributed by atoms with Gasteiger partial charge in [-0.05, 0) is 36.2 Å². The van der Waals surface area contributed by atoms with E-state index >= 15 is 0 Å². The fourth-order valence-corrected chi connectivity index (χ4v) is 3.64. The van der Waals surface area contributed by atoms with Crippen LogP contribution in [0.5, 0.6) is 5.88 Å². The van der Waals surface area contributed by atoms with Gasteiger partial charge in [-0.15, -0.1) is 0 Å². The SMILES string of the molecule is Cc1cc(F)c(COc2nsc(NC(=O)NCC(O)CC(O)CC(=O)N(C)C)c2C(N)=O)c(F)c1. The summed E-state index contributed by atoms with van der Waals surface area (Å²) in [4.78, 5) is 37.0. The molecule has 0 radical (unpaired) electrons. The molecule has 192 valence electrons. The van der Waals surface area contributed by atoms with Crippen molar-refractivity contribution in [1.29, 1.82) is 0 Å². The van der Waals surface area contributed by atoms with E-state index < -0.39 is 42.4 Å². The van der Waals surface area contributed by atoms with Gasteiger partial charge in [-0.2, -0.15) is 4.37 Å². The van der Waals surface area contributed by atoms with Gasteiger partial charge in [0.25, 0.3) is 5.91 Å². The van der Waals surface area contributed by atoms with Crippen molar-refractivity contribution in [2.45, 2.75) is 38.6 Å². The predicted molar refractivity (Wildman–Crippen MR) is 123 cm³/mol. The molecule has 0 saturated carbocycles. The summed E-state index contributed by atoms with van der Waals surface area (Å²) in [6, 6.07) is 1.43. The van der Waals surface area contributed by atoms with Crippen LogP contribution in [0.15, 0.2) is 12.1 Å². The lowest BCUT2D eigenvalue weighted by atomic mass is 10.1. The Bertz CT molecular complexity index is 1060. The zero-order valence-electron chi connectivity index (χ0n) is 19.3. The maximum atomic E-state index is 14.0. The molecule has 0 aliphatic rings. The van der Waals surface area contributed by atoms with E-state index in [0.29, 0.717) is 17.1 Å². The molecule has 1 aromatic heterocycles. The second kappa shape index (κ2) is 12.4. The Hall–Kier alpha value is -3.36. The minimum Gasteiger partial charge on any atom is -0.471 e. The highest BCUT2D eigenvalue weighted by Crippen LogP contribution is 2.31. The summed E-state index contributed by atoms with van der Waals surface area (Å²) in [5.74, 6) is -3.28. The largest absolute Gasteiger partial charge is 0.471 e. The van der Waals surface area contributed by atoms with Crippen molar-refractivity contribution in [3.05, 3.63) is 40.5 Å². The Morgan fingerprint density at radius 2 is 1.83 bits per heavy atom. The number of aryl methyl sites for hydroxylation is 1. The van der Waals surface area contributed by atoms with E-state index in [1.165, 1.54) is 25.9 Å². The quantitative estimate of drug-likeness (QED) is 0.299. The number of nitrogens with one attached hydrogen (secondary N) is 2. The average Bonchev–Trinajstić information content (AvgIpc) is 3.13. The number of benzene rings is 1. The fourth-order valence-electron chi connectivity index (χ4n) is 2.91. The number of amides is 4. The van der Waals surface area contributed by atoms with E-state index in [4.69, 9.17) is 10.5 Å². The molecular formula is C21H27F2N5O6S. The number of nitrogens with two attached hydrogens (primary N) is 1. The zero-order chi connectivity index (χ0) is 26.3. The van der Waals surface area contributed by atoms with Crippen LogP contribution in [0, 0.1) is 18.6 Å². The van der Waals surface area contributed by atoms with E-state index in [-0.39, 0.29) is 47.3 Å². The molecule has 0 fully saturated rings. The zero-order valence-corrected chi connectivity index (χ0v) is 20.1. The lowest BCUT2D eigenvalue weighted by Gasteiger charge is -2.18. The number of nitrogens with zero attached hydrogens (tertiary/aromatic N) is 2. The Balaban J connectivity index is 1.95. The fraction of sp³-hybridized carbons (Fsp3) is 0.429. The average molecular weight is 516 g/mol. The minimum atomic E-state index is -1.15. The number of carbonyl (C=O) groups excluding carboxylic acids is 3. The molecule has 2 atom stereocenters. The number of aromatic nitrogens is 1. The first-order chi connectivity index (χ1) is 16.4. The van der Waals surface area contributed by atoms with Crippen molar-refractivity contribution in [3.8, 4) is 5.88 Å². The van der Waals surface area contributed by atoms with Crippen LogP contribution in [-0.2, 0) is 11.4 Å². The van der Waals surface area contributed by atoms with Gasteiger partial charge in [-0.25, -0.2) is 13.6 Å². The molecule has 2 rings (SSSR count). The number of hydrogen-bond acceptors (Lipinski definition) is 8. The van der Waals surface area contributed by atoms with Crippen molar-refractivity contribution in [2.24, 2.45) is 5.73 Å². The second-order valence-corrected chi connectivity index (χ2v) is 8.70. The van der Waals surface area contributed by atoms with Gasteiger partial charge in [0.2, 0.25) is 11.8 Å². The number of ether oxygens (including phenoxy) is 1. The van der Waals surface area contributed by atoms with Crippen LogP contribution in [0.1, 0.15) is 34.3 Å². The first-order valence-corrected chi connectivity index (χ1v) is 11.1. The van der Waals surface area contributed by atoms with Crippen LogP contribution in [0.25, 0.3) is 0 Å². The predicted octanol–water partition coefficient (Wildman–Crippen LogP) is 1.12. The minimum absolute atomic E-state index is 0.0824. The van der Waals surface area contributed by atoms with Crippen LogP contribution in [-0.4, -0.2) is 70.2 Å². The summed E-state index contributed by atoms with van der Waals surface area (Å²) < 4.78 is 37.2. The van der Waals surface area contributed by atoms with E-state index in [2.05, 4.69) is 15.0 Å². The summed E-state index contributed by atoms with van der Waals surface area (Å²) in [7, 11) is 3.07. The topological polar surface area (TPSA) is 167 Å². The van der Waals surface area contributed by atoms with E-state index in [1.54, 1.807) is 0 Å². The number of carbonyl (C=O) groups is 3. The van der Waals surface area contributed by atoms with Gasteiger partial charge in [0.05, 0.1) is 24.2 Å². The van der Waals surface area contributed by atoms with Crippen LogP contribution < -0.4 is 21.1 Å². The summed E-state index contributed by atoms with van der Waals surface area (Å²) in [6.45, 7) is 0.691. The van der Waals surface area contributed by atoms with E-state index in [0.717, 1.165) is 12.1 Å².